The average Bonchev–Trinajstić information content (AvgIpc) is 2.61. The third-order valence-electron chi connectivity index (χ3n) is 3.17. The van der Waals surface area contributed by atoms with E-state index in [1.807, 2.05) is 17.0 Å². The molecule has 1 aromatic rings. The second kappa shape index (κ2) is 7.39. The van der Waals surface area contributed by atoms with E-state index in [1.54, 1.807) is 0 Å². The molecule has 0 atom stereocenters. The molecular formula is C14H21ClN2O. The Balaban J connectivity index is 0.00000162. The predicted octanol–water partition coefficient (Wildman–Crippen LogP) is 1.78. The van der Waals surface area contributed by atoms with Gasteiger partial charge in [0.05, 0.1) is 6.42 Å². The van der Waals surface area contributed by atoms with Gasteiger partial charge in [0.25, 0.3) is 0 Å². The van der Waals surface area contributed by atoms with Crippen LogP contribution in [0.2, 0.25) is 0 Å². The number of aryl methyl sites for hydroxylation is 1. The van der Waals surface area contributed by atoms with Crippen molar-refractivity contribution in [1.82, 2.24) is 10.2 Å². The van der Waals surface area contributed by atoms with Crippen LogP contribution < -0.4 is 5.32 Å². The Kier molecular flexibility index (Phi) is 6.16. The Morgan fingerprint density at radius 2 is 1.94 bits per heavy atom. The highest BCUT2D eigenvalue weighted by Crippen LogP contribution is 2.06. The van der Waals surface area contributed by atoms with Crippen molar-refractivity contribution in [2.45, 2.75) is 19.8 Å². The van der Waals surface area contributed by atoms with Gasteiger partial charge in [-0.25, -0.2) is 0 Å². The second-order valence-corrected chi connectivity index (χ2v) is 4.65. The molecule has 1 saturated heterocycles. The summed E-state index contributed by atoms with van der Waals surface area (Å²) < 4.78 is 0. The van der Waals surface area contributed by atoms with Crippen molar-refractivity contribution in [3.05, 3.63) is 35.4 Å². The van der Waals surface area contributed by atoms with E-state index in [9.17, 15) is 4.79 Å². The van der Waals surface area contributed by atoms with Crippen LogP contribution in [0.25, 0.3) is 0 Å². The first kappa shape index (κ1) is 15.0. The summed E-state index contributed by atoms with van der Waals surface area (Å²) in [4.78, 5) is 14.1. The number of halogens is 1. The van der Waals surface area contributed by atoms with Crippen LogP contribution in [0.3, 0.4) is 0 Å². The van der Waals surface area contributed by atoms with Crippen LogP contribution in [0.1, 0.15) is 17.5 Å². The zero-order valence-electron chi connectivity index (χ0n) is 10.8. The molecule has 1 heterocycles. The lowest BCUT2D eigenvalue weighted by molar-refractivity contribution is -0.130. The van der Waals surface area contributed by atoms with Gasteiger partial charge in [0.15, 0.2) is 0 Å². The standard InChI is InChI=1S/C14H20N2O.ClH/c1-12-3-5-13(6-4-12)11-14(17)16-9-2-7-15-8-10-16;/h3-6,15H,2,7-11H2,1H3;1H. The summed E-state index contributed by atoms with van der Waals surface area (Å²) in [7, 11) is 0. The van der Waals surface area contributed by atoms with Crippen LogP contribution in [-0.2, 0) is 11.2 Å². The van der Waals surface area contributed by atoms with Gasteiger partial charge in [-0.05, 0) is 25.5 Å². The van der Waals surface area contributed by atoms with E-state index < -0.39 is 0 Å². The number of hydrogen-bond donors (Lipinski definition) is 1. The van der Waals surface area contributed by atoms with E-state index >= 15 is 0 Å². The Morgan fingerprint density at radius 3 is 2.67 bits per heavy atom. The Bertz CT molecular complexity index is 370. The largest absolute Gasteiger partial charge is 0.341 e. The third kappa shape index (κ3) is 4.31. The molecule has 1 aliphatic heterocycles. The smallest absolute Gasteiger partial charge is 0.227 e. The quantitative estimate of drug-likeness (QED) is 0.887. The van der Waals surface area contributed by atoms with Crippen LogP contribution in [-0.4, -0.2) is 37.0 Å². The second-order valence-electron chi connectivity index (χ2n) is 4.65. The average molecular weight is 269 g/mol. The monoisotopic (exact) mass is 268 g/mol. The fraction of sp³-hybridized carbons (Fsp3) is 0.500. The summed E-state index contributed by atoms with van der Waals surface area (Å²) in [6.07, 6.45) is 1.58. The highest BCUT2D eigenvalue weighted by Gasteiger charge is 2.15. The first-order valence-corrected chi connectivity index (χ1v) is 6.30. The Morgan fingerprint density at radius 1 is 1.22 bits per heavy atom. The maximum atomic E-state index is 12.1. The van der Waals surface area contributed by atoms with Gasteiger partial charge in [0, 0.05) is 19.6 Å². The Hall–Kier alpha value is -1.06. The van der Waals surface area contributed by atoms with E-state index in [0.717, 1.165) is 38.2 Å². The number of amides is 1. The molecule has 4 heteroatoms. The summed E-state index contributed by atoms with van der Waals surface area (Å²) in [5.74, 6) is 0.248. The molecule has 2 rings (SSSR count). The number of benzene rings is 1. The molecule has 0 aliphatic carbocycles. The van der Waals surface area contributed by atoms with Crippen LogP contribution in [0.4, 0.5) is 0 Å². The molecule has 18 heavy (non-hydrogen) atoms. The molecule has 1 N–H and O–H groups in total. The first-order valence-electron chi connectivity index (χ1n) is 6.30. The summed E-state index contributed by atoms with van der Waals surface area (Å²) in [5, 5.41) is 3.31. The van der Waals surface area contributed by atoms with Gasteiger partial charge in [-0.15, -0.1) is 12.4 Å². The molecule has 1 amide bonds. The highest BCUT2D eigenvalue weighted by atomic mass is 35.5. The van der Waals surface area contributed by atoms with E-state index in [0.29, 0.717) is 6.42 Å². The van der Waals surface area contributed by atoms with Crippen molar-refractivity contribution in [3.8, 4) is 0 Å². The van der Waals surface area contributed by atoms with Gasteiger partial charge >= 0.3 is 0 Å². The summed E-state index contributed by atoms with van der Waals surface area (Å²) >= 11 is 0. The van der Waals surface area contributed by atoms with Crippen LogP contribution in [0.5, 0.6) is 0 Å². The number of nitrogens with zero attached hydrogens (tertiary/aromatic N) is 1. The van der Waals surface area contributed by atoms with E-state index in [1.165, 1.54) is 5.56 Å². The number of rotatable bonds is 2. The van der Waals surface area contributed by atoms with E-state index in [-0.39, 0.29) is 18.3 Å². The van der Waals surface area contributed by atoms with Crippen molar-refractivity contribution >= 4 is 18.3 Å². The van der Waals surface area contributed by atoms with Crippen molar-refractivity contribution in [3.63, 3.8) is 0 Å². The number of nitrogens with one attached hydrogen (secondary N) is 1. The zero-order chi connectivity index (χ0) is 12.1. The molecule has 0 bridgehead atoms. The van der Waals surface area contributed by atoms with E-state index in [4.69, 9.17) is 0 Å². The van der Waals surface area contributed by atoms with Gasteiger partial charge in [0.2, 0.25) is 5.91 Å². The number of hydrogen-bond acceptors (Lipinski definition) is 2. The van der Waals surface area contributed by atoms with Gasteiger partial charge in [-0.3, -0.25) is 4.79 Å². The van der Waals surface area contributed by atoms with Crippen LogP contribution in [0, 0.1) is 6.92 Å². The molecular weight excluding hydrogens is 248 g/mol. The lowest BCUT2D eigenvalue weighted by atomic mass is 10.1. The SMILES string of the molecule is Cc1ccc(CC(=O)N2CCCNCC2)cc1.Cl. The minimum atomic E-state index is 0. The van der Waals surface area contributed by atoms with Gasteiger partial charge in [-0.1, -0.05) is 29.8 Å². The van der Waals surface area contributed by atoms with Gasteiger partial charge in [0.1, 0.15) is 0 Å². The lowest BCUT2D eigenvalue weighted by Crippen LogP contribution is -2.35. The third-order valence-corrected chi connectivity index (χ3v) is 3.17. The van der Waals surface area contributed by atoms with Crippen molar-refractivity contribution in [2.75, 3.05) is 26.2 Å². The van der Waals surface area contributed by atoms with Gasteiger partial charge < -0.3 is 10.2 Å². The normalized spacial score (nSPS) is 15.7. The minimum Gasteiger partial charge on any atom is -0.341 e. The van der Waals surface area contributed by atoms with Crippen LogP contribution >= 0.6 is 12.4 Å². The first-order chi connectivity index (χ1) is 8.25. The number of carbonyl (C=O) groups is 1. The molecule has 3 nitrogen and oxygen atoms in total. The summed E-state index contributed by atoms with van der Waals surface area (Å²) in [6.45, 7) is 5.72. The predicted molar refractivity (Wildman–Crippen MR) is 76.2 cm³/mol. The highest BCUT2D eigenvalue weighted by molar-refractivity contribution is 5.85. The topological polar surface area (TPSA) is 32.3 Å². The molecule has 100 valence electrons. The van der Waals surface area contributed by atoms with Crippen molar-refractivity contribution in [2.24, 2.45) is 0 Å². The zero-order valence-corrected chi connectivity index (χ0v) is 11.6. The molecule has 1 aliphatic rings. The van der Waals surface area contributed by atoms with E-state index in [2.05, 4.69) is 24.4 Å². The fourth-order valence-corrected chi connectivity index (χ4v) is 2.09. The maximum Gasteiger partial charge on any atom is 0.227 e. The van der Waals surface area contributed by atoms with Crippen molar-refractivity contribution in [1.29, 1.82) is 0 Å². The van der Waals surface area contributed by atoms with Gasteiger partial charge in [-0.2, -0.15) is 0 Å². The molecule has 0 radical (unpaired) electrons. The fourth-order valence-electron chi connectivity index (χ4n) is 2.09. The lowest BCUT2D eigenvalue weighted by Gasteiger charge is -2.19. The van der Waals surface area contributed by atoms with Crippen LogP contribution in [0.15, 0.2) is 24.3 Å². The molecule has 1 fully saturated rings. The minimum absolute atomic E-state index is 0. The summed E-state index contributed by atoms with van der Waals surface area (Å²) in [6, 6.07) is 8.21. The molecule has 1 aromatic carbocycles. The molecule has 0 aromatic heterocycles. The Labute approximate surface area is 115 Å². The molecule has 0 saturated carbocycles. The summed E-state index contributed by atoms with van der Waals surface area (Å²) in [5.41, 5.74) is 2.35. The maximum absolute atomic E-state index is 12.1. The molecule has 0 unspecified atom stereocenters. The number of carbonyl (C=O) groups excluding carboxylic acids is 1. The molecule has 0 spiro atoms. The van der Waals surface area contributed by atoms with Crippen molar-refractivity contribution < 1.29 is 4.79 Å².